The van der Waals surface area contributed by atoms with Crippen LogP contribution >= 0.6 is 0 Å². The average Bonchev–Trinajstić information content (AvgIpc) is 2.84. The van der Waals surface area contributed by atoms with Crippen LogP contribution in [0.5, 0.6) is 0 Å². The van der Waals surface area contributed by atoms with Gasteiger partial charge in [0.25, 0.3) is 0 Å². The summed E-state index contributed by atoms with van der Waals surface area (Å²) in [4.78, 5) is 13.6. The van der Waals surface area contributed by atoms with Gasteiger partial charge in [0.05, 0.1) is 24.9 Å². The number of carbonyl (C=O) groups excluding carboxylic acids is 1. The highest BCUT2D eigenvalue weighted by Gasteiger charge is 2.18. The van der Waals surface area contributed by atoms with E-state index in [1.165, 1.54) is 7.11 Å². The number of para-hydroxylation sites is 1. The molecular formula is C16H23N3O2. The van der Waals surface area contributed by atoms with Crippen LogP contribution < -0.4 is 0 Å². The zero-order valence-corrected chi connectivity index (χ0v) is 13.2. The minimum absolute atomic E-state index is 0.220. The minimum atomic E-state index is -0.220. The number of fused-ring (bicyclic) bond motifs is 1. The maximum absolute atomic E-state index is 11.6. The molecule has 114 valence electrons. The van der Waals surface area contributed by atoms with Crippen LogP contribution in [-0.4, -0.2) is 40.3 Å². The lowest BCUT2D eigenvalue weighted by atomic mass is 10.2. The average molecular weight is 289 g/mol. The Bertz CT molecular complexity index is 619. The zero-order chi connectivity index (χ0) is 15.4. The van der Waals surface area contributed by atoms with E-state index in [1.54, 1.807) is 0 Å². The topological polar surface area (TPSA) is 47.4 Å². The fourth-order valence-corrected chi connectivity index (χ4v) is 2.40. The normalized spacial score (nSPS) is 11.5. The molecule has 0 N–H and O–H groups in total. The molecule has 2 aromatic rings. The summed E-state index contributed by atoms with van der Waals surface area (Å²) in [7, 11) is 1.42. The highest BCUT2D eigenvalue weighted by molar-refractivity contribution is 5.82. The van der Waals surface area contributed by atoms with Crippen molar-refractivity contribution in [2.45, 2.75) is 39.9 Å². The SMILES string of the molecule is CCn1nc(CN(CC(=O)OC)C(C)C)c2ccccc21. The molecule has 1 heterocycles. The van der Waals surface area contributed by atoms with E-state index in [1.807, 2.05) is 16.8 Å². The molecule has 0 aliphatic heterocycles. The van der Waals surface area contributed by atoms with Crippen molar-refractivity contribution in [1.82, 2.24) is 14.7 Å². The van der Waals surface area contributed by atoms with Gasteiger partial charge in [0.1, 0.15) is 0 Å². The quantitative estimate of drug-likeness (QED) is 0.766. The maximum atomic E-state index is 11.6. The summed E-state index contributed by atoms with van der Waals surface area (Å²) in [6.45, 7) is 7.97. The predicted octanol–water partition coefficient (Wildman–Crippen LogP) is 2.44. The molecule has 5 heteroatoms. The molecule has 0 atom stereocenters. The summed E-state index contributed by atoms with van der Waals surface area (Å²) < 4.78 is 6.78. The van der Waals surface area contributed by atoms with Crippen molar-refractivity contribution in [3.8, 4) is 0 Å². The second kappa shape index (κ2) is 6.72. The van der Waals surface area contributed by atoms with Gasteiger partial charge in [-0.2, -0.15) is 5.10 Å². The number of aryl methyl sites for hydroxylation is 1. The first kappa shape index (κ1) is 15.5. The van der Waals surface area contributed by atoms with Gasteiger partial charge in [0, 0.05) is 24.5 Å². The second-order valence-corrected chi connectivity index (χ2v) is 5.35. The summed E-state index contributed by atoms with van der Waals surface area (Å²) in [6, 6.07) is 8.45. The van der Waals surface area contributed by atoms with Gasteiger partial charge in [0.2, 0.25) is 0 Å². The molecule has 0 saturated carbocycles. The van der Waals surface area contributed by atoms with E-state index >= 15 is 0 Å². The number of carbonyl (C=O) groups is 1. The smallest absolute Gasteiger partial charge is 0.319 e. The first-order valence-electron chi connectivity index (χ1n) is 7.32. The van der Waals surface area contributed by atoms with Gasteiger partial charge >= 0.3 is 5.97 Å². The van der Waals surface area contributed by atoms with Crippen molar-refractivity contribution in [2.24, 2.45) is 0 Å². The second-order valence-electron chi connectivity index (χ2n) is 5.35. The predicted molar refractivity (Wildman–Crippen MR) is 83.0 cm³/mol. The number of nitrogens with zero attached hydrogens (tertiary/aromatic N) is 3. The largest absolute Gasteiger partial charge is 0.468 e. The summed E-state index contributed by atoms with van der Waals surface area (Å²) in [5, 5.41) is 5.83. The Hall–Kier alpha value is -1.88. The Morgan fingerprint density at radius 3 is 2.71 bits per heavy atom. The van der Waals surface area contributed by atoms with Crippen LogP contribution in [0.2, 0.25) is 0 Å². The van der Waals surface area contributed by atoms with Gasteiger partial charge in [-0.25, -0.2) is 0 Å². The highest BCUT2D eigenvalue weighted by atomic mass is 16.5. The molecule has 0 saturated heterocycles. The fourth-order valence-electron chi connectivity index (χ4n) is 2.40. The third-order valence-electron chi connectivity index (χ3n) is 3.68. The lowest BCUT2D eigenvalue weighted by Crippen LogP contribution is -2.35. The Morgan fingerprint density at radius 2 is 2.10 bits per heavy atom. The molecule has 0 amide bonds. The van der Waals surface area contributed by atoms with Gasteiger partial charge in [-0.3, -0.25) is 14.4 Å². The van der Waals surface area contributed by atoms with E-state index in [2.05, 4.69) is 42.9 Å². The molecule has 21 heavy (non-hydrogen) atoms. The Morgan fingerprint density at radius 1 is 1.38 bits per heavy atom. The zero-order valence-electron chi connectivity index (χ0n) is 13.2. The van der Waals surface area contributed by atoms with Crippen LogP contribution in [0.3, 0.4) is 0 Å². The fraction of sp³-hybridized carbons (Fsp3) is 0.500. The number of methoxy groups -OCH3 is 1. The van der Waals surface area contributed by atoms with Crippen molar-refractivity contribution in [1.29, 1.82) is 0 Å². The van der Waals surface area contributed by atoms with E-state index in [0.29, 0.717) is 6.54 Å². The molecule has 1 aromatic heterocycles. The van der Waals surface area contributed by atoms with Crippen LogP contribution in [0.4, 0.5) is 0 Å². The first-order chi connectivity index (χ1) is 10.1. The van der Waals surface area contributed by atoms with Crippen LogP contribution in [0.25, 0.3) is 10.9 Å². The molecule has 0 unspecified atom stereocenters. The summed E-state index contributed by atoms with van der Waals surface area (Å²) >= 11 is 0. The van der Waals surface area contributed by atoms with Gasteiger partial charge in [-0.05, 0) is 26.8 Å². The molecule has 0 spiro atoms. The lowest BCUT2D eigenvalue weighted by molar-refractivity contribution is -0.142. The number of aromatic nitrogens is 2. The standard InChI is InChI=1S/C16H23N3O2/c1-5-19-15-9-7-6-8-13(15)14(17-19)10-18(12(2)3)11-16(20)21-4/h6-9,12H,5,10-11H2,1-4H3. The molecule has 1 aromatic carbocycles. The summed E-state index contributed by atoms with van der Waals surface area (Å²) in [5.74, 6) is -0.220. The molecule has 0 aliphatic carbocycles. The first-order valence-corrected chi connectivity index (χ1v) is 7.32. The molecule has 2 rings (SSSR count). The Balaban J connectivity index is 2.30. The van der Waals surface area contributed by atoms with E-state index in [4.69, 9.17) is 4.74 Å². The Kier molecular flexibility index (Phi) is 4.96. The summed E-state index contributed by atoms with van der Waals surface area (Å²) in [5.41, 5.74) is 2.14. The van der Waals surface area contributed by atoms with Crippen LogP contribution in [0, 0.1) is 0 Å². The molecule has 0 aliphatic rings. The number of esters is 1. The Labute approximate surface area is 125 Å². The van der Waals surface area contributed by atoms with E-state index in [9.17, 15) is 4.79 Å². The van der Waals surface area contributed by atoms with Gasteiger partial charge in [0.15, 0.2) is 0 Å². The van der Waals surface area contributed by atoms with Crippen molar-refractivity contribution < 1.29 is 9.53 Å². The van der Waals surface area contributed by atoms with Crippen LogP contribution in [0.1, 0.15) is 26.5 Å². The van der Waals surface area contributed by atoms with Gasteiger partial charge in [-0.15, -0.1) is 0 Å². The number of benzene rings is 1. The maximum Gasteiger partial charge on any atom is 0.319 e. The molecular weight excluding hydrogens is 266 g/mol. The van der Waals surface area contributed by atoms with Gasteiger partial charge in [-0.1, -0.05) is 18.2 Å². The third kappa shape index (κ3) is 3.42. The molecule has 0 radical (unpaired) electrons. The number of rotatable bonds is 6. The van der Waals surface area contributed by atoms with Gasteiger partial charge < -0.3 is 4.74 Å². The van der Waals surface area contributed by atoms with Crippen LogP contribution in [-0.2, 0) is 22.6 Å². The monoisotopic (exact) mass is 289 g/mol. The number of hydrogen-bond acceptors (Lipinski definition) is 4. The van der Waals surface area contributed by atoms with Crippen molar-refractivity contribution in [3.05, 3.63) is 30.0 Å². The van der Waals surface area contributed by atoms with Crippen LogP contribution in [0.15, 0.2) is 24.3 Å². The van der Waals surface area contributed by atoms with E-state index < -0.39 is 0 Å². The van der Waals surface area contributed by atoms with Crippen molar-refractivity contribution >= 4 is 16.9 Å². The summed E-state index contributed by atoms with van der Waals surface area (Å²) in [6.07, 6.45) is 0. The minimum Gasteiger partial charge on any atom is -0.468 e. The highest BCUT2D eigenvalue weighted by Crippen LogP contribution is 2.20. The third-order valence-corrected chi connectivity index (χ3v) is 3.68. The number of ether oxygens (including phenoxy) is 1. The van der Waals surface area contributed by atoms with E-state index in [-0.39, 0.29) is 18.6 Å². The molecule has 0 fully saturated rings. The van der Waals surface area contributed by atoms with Crippen molar-refractivity contribution in [2.75, 3.05) is 13.7 Å². The van der Waals surface area contributed by atoms with E-state index in [0.717, 1.165) is 23.1 Å². The molecule has 0 bridgehead atoms. The lowest BCUT2D eigenvalue weighted by Gasteiger charge is -2.24. The number of hydrogen-bond donors (Lipinski definition) is 0. The molecule has 5 nitrogen and oxygen atoms in total. The van der Waals surface area contributed by atoms with Crippen molar-refractivity contribution in [3.63, 3.8) is 0 Å².